The smallest absolute Gasteiger partial charge is 0.288 e. The van der Waals surface area contributed by atoms with E-state index in [1.54, 1.807) is 6.92 Å². The molecule has 1 saturated heterocycles. The Bertz CT molecular complexity index is 203. The van der Waals surface area contributed by atoms with Crippen LogP contribution in [0, 0.1) is 5.92 Å². The number of aliphatic hydroxyl groups excluding tert-OH is 1. The quantitative estimate of drug-likeness (QED) is 0.733. The minimum Gasteiger partial charge on any atom is -0.396 e. The van der Waals surface area contributed by atoms with Crippen LogP contribution in [0.4, 0.5) is 4.79 Å². The zero-order chi connectivity index (χ0) is 9.84. The molecule has 1 unspecified atom stereocenters. The van der Waals surface area contributed by atoms with Crippen LogP contribution in [0.5, 0.6) is 0 Å². The monoisotopic (exact) mass is 203 g/mol. The van der Waals surface area contributed by atoms with Crippen molar-refractivity contribution >= 4 is 22.9 Å². The molecule has 2 amide bonds. The summed E-state index contributed by atoms with van der Waals surface area (Å²) in [4.78, 5) is 23.7. The predicted molar refractivity (Wildman–Crippen MR) is 50.4 cm³/mol. The van der Waals surface area contributed by atoms with Gasteiger partial charge in [-0.15, -0.1) is 0 Å². The van der Waals surface area contributed by atoms with Gasteiger partial charge in [0.2, 0.25) is 5.91 Å². The predicted octanol–water partition coefficient (Wildman–Crippen LogP) is 0.700. The van der Waals surface area contributed by atoms with Crippen LogP contribution < -0.4 is 0 Å². The van der Waals surface area contributed by atoms with E-state index in [0.29, 0.717) is 18.7 Å². The Balaban J connectivity index is 2.54. The van der Waals surface area contributed by atoms with E-state index in [1.807, 2.05) is 0 Å². The first-order valence-electron chi connectivity index (χ1n) is 4.23. The molecular weight excluding hydrogens is 190 g/mol. The zero-order valence-corrected chi connectivity index (χ0v) is 8.34. The topological polar surface area (TPSA) is 57.6 Å². The number of imide groups is 1. The van der Waals surface area contributed by atoms with Gasteiger partial charge in [0.25, 0.3) is 5.24 Å². The van der Waals surface area contributed by atoms with Gasteiger partial charge in [-0.3, -0.25) is 14.5 Å². The highest BCUT2D eigenvalue weighted by Gasteiger charge is 2.27. The summed E-state index contributed by atoms with van der Waals surface area (Å²) in [6.07, 6.45) is 0.425. The van der Waals surface area contributed by atoms with Crippen molar-refractivity contribution in [3.8, 4) is 0 Å². The lowest BCUT2D eigenvalue weighted by atomic mass is 10.2. The lowest BCUT2D eigenvalue weighted by Gasteiger charge is -2.26. The van der Waals surface area contributed by atoms with Gasteiger partial charge in [0.1, 0.15) is 0 Å². The molecule has 0 aliphatic carbocycles. The number of amides is 2. The van der Waals surface area contributed by atoms with Gasteiger partial charge >= 0.3 is 0 Å². The average Bonchev–Trinajstić information content (AvgIpc) is 2.11. The van der Waals surface area contributed by atoms with Gasteiger partial charge in [0, 0.05) is 25.3 Å². The molecular formula is C8H13NO3S. The molecule has 0 saturated carbocycles. The number of rotatable bonds is 3. The third kappa shape index (κ3) is 2.70. The molecule has 1 atom stereocenters. The average molecular weight is 203 g/mol. The van der Waals surface area contributed by atoms with Crippen LogP contribution in [0.25, 0.3) is 0 Å². The molecule has 74 valence electrons. The first kappa shape index (κ1) is 10.5. The highest BCUT2D eigenvalue weighted by molar-refractivity contribution is 8.13. The zero-order valence-electron chi connectivity index (χ0n) is 7.52. The maximum atomic E-state index is 11.3. The van der Waals surface area contributed by atoms with E-state index in [9.17, 15) is 9.59 Å². The number of thioether (sulfide) groups is 1. The molecule has 13 heavy (non-hydrogen) atoms. The standard InChI is InChI=1S/C8H13NO3S/c1-6(5-10)4-9-7(11)2-3-13-8(9)12/h6,10H,2-5H2,1H3. The van der Waals surface area contributed by atoms with Crippen molar-refractivity contribution < 1.29 is 14.7 Å². The molecule has 0 aromatic rings. The molecule has 0 aromatic heterocycles. The van der Waals surface area contributed by atoms with Gasteiger partial charge in [-0.2, -0.15) is 0 Å². The van der Waals surface area contributed by atoms with Crippen molar-refractivity contribution in [2.45, 2.75) is 13.3 Å². The first-order valence-corrected chi connectivity index (χ1v) is 5.21. The van der Waals surface area contributed by atoms with Crippen molar-refractivity contribution in [2.75, 3.05) is 18.9 Å². The van der Waals surface area contributed by atoms with E-state index >= 15 is 0 Å². The fourth-order valence-corrected chi connectivity index (χ4v) is 1.87. The Kier molecular flexibility index (Phi) is 3.74. The summed E-state index contributed by atoms with van der Waals surface area (Å²) in [5, 5.41) is 8.60. The van der Waals surface area contributed by atoms with Crippen molar-refractivity contribution in [3.63, 3.8) is 0 Å². The minimum absolute atomic E-state index is 0.00171. The third-order valence-electron chi connectivity index (χ3n) is 1.87. The molecule has 0 spiro atoms. The molecule has 1 heterocycles. The van der Waals surface area contributed by atoms with Crippen molar-refractivity contribution in [1.82, 2.24) is 4.90 Å². The van der Waals surface area contributed by atoms with E-state index in [4.69, 9.17) is 5.11 Å². The van der Waals surface area contributed by atoms with Crippen LogP contribution in [-0.4, -0.2) is 40.1 Å². The molecule has 0 bridgehead atoms. The second kappa shape index (κ2) is 4.62. The van der Waals surface area contributed by atoms with E-state index in [0.717, 1.165) is 0 Å². The summed E-state index contributed by atoms with van der Waals surface area (Å²) in [6, 6.07) is 0. The number of hydrogen-bond acceptors (Lipinski definition) is 4. The Morgan fingerprint density at radius 2 is 2.31 bits per heavy atom. The van der Waals surface area contributed by atoms with Crippen molar-refractivity contribution in [1.29, 1.82) is 0 Å². The molecule has 0 radical (unpaired) electrons. The molecule has 0 aromatic carbocycles. The number of carbonyl (C=O) groups is 2. The summed E-state index contributed by atoms with van der Waals surface area (Å²) in [5.74, 6) is 0.428. The molecule has 1 fully saturated rings. The van der Waals surface area contributed by atoms with Gasteiger partial charge in [-0.05, 0) is 5.92 Å². The van der Waals surface area contributed by atoms with Crippen LogP contribution in [0.1, 0.15) is 13.3 Å². The summed E-state index contributed by atoms with van der Waals surface area (Å²) in [5.41, 5.74) is 0. The van der Waals surface area contributed by atoms with Gasteiger partial charge in [-0.1, -0.05) is 18.7 Å². The second-order valence-electron chi connectivity index (χ2n) is 3.16. The lowest BCUT2D eigenvalue weighted by molar-refractivity contribution is -0.128. The van der Waals surface area contributed by atoms with E-state index in [1.165, 1.54) is 16.7 Å². The van der Waals surface area contributed by atoms with Gasteiger partial charge in [0.05, 0.1) is 0 Å². The Morgan fingerprint density at radius 3 is 2.85 bits per heavy atom. The molecule has 5 heteroatoms. The normalized spacial score (nSPS) is 20.6. The van der Waals surface area contributed by atoms with Gasteiger partial charge in [0.15, 0.2) is 0 Å². The van der Waals surface area contributed by atoms with E-state index < -0.39 is 0 Å². The first-order chi connectivity index (χ1) is 6.15. The van der Waals surface area contributed by atoms with Crippen molar-refractivity contribution in [2.24, 2.45) is 5.92 Å². The molecule has 1 aliphatic heterocycles. The third-order valence-corrected chi connectivity index (χ3v) is 2.74. The summed E-state index contributed by atoms with van der Waals surface area (Å²) >= 11 is 1.17. The van der Waals surface area contributed by atoms with Gasteiger partial charge < -0.3 is 5.11 Å². The van der Waals surface area contributed by atoms with Crippen LogP contribution >= 0.6 is 11.8 Å². The molecule has 1 rings (SSSR count). The van der Waals surface area contributed by atoms with Crippen LogP contribution in [0.15, 0.2) is 0 Å². The lowest BCUT2D eigenvalue weighted by Crippen LogP contribution is -2.41. The molecule has 1 aliphatic rings. The molecule has 1 N–H and O–H groups in total. The van der Waals surface area contributed by atoms with Crippen LogP contribution in [-0.2, 0) is 4.79 Å². The Hall–Kier alpha value is -0.550. The fraction of sp³-hybridized carbons (Fsp3) is 0.750. The number of carbonyl (C=O) groups excluding carboxylic acids is 2. The Morgan fingerprint density at radius 1 is 1.62 bits per heavy atom. The van der Waals surface area contributed by atoms with E-state index in [-0.39, 0.29) is 23.7 Å². The maximum absolute atomic E-state index is 11.3. The SMILES string of the molecule is CC(CO)CN1C(=O)CCSC1=O. The number of hydrogen-bond donors (Lipinski definition) is 1. The van der Waals surface area contributed by atoms with E-state index in [2.05, 4.69) is 0 Å². The largest absolute Gasteiger partial charge is 0.396 e. The van der Waals surface area contributed by atoms with Crippen LogP contribution in [0.3, 0.4) is 0 Å². The maximum Gasteiger partial charge on any atom is 0.288 e. The number of aliphatic hydroxyl groups is 1. The summed E-state index contributed by atoms with van der Waals surface area (Å²) in [6.45, 7) is 2.14. The van der Waals surface area contributed by atoms with Gasteiger partial charge in [-0.25, -0.2) is 0 Å². The highest BCUT2D eigenvalue weighted by atomic mass is 32.2. The molecule has 4 nitrogen and oxygen atoms in total. The summed E-state index contributed by atoms with van der Waals surface area (Å²) < 4.78 is 0. The fourth-order valence-electron chi connectivity index (χ4n) is 1.09. The summed E-state index contributed by atoms with van der Waals surface area (Å²) in [7, 11) is 0. The minimum atomic E-state index is -0.184. The highest BCUT2D eigenvalue weighted by Crippen LogP contribution is 2.19. The number of nitrogens with zero attached hydrogens (tertiary/aromatic N) is 1. The van der Waals surface area contributed by atoms with Crippen molar-refractivity contribution in [3.05, 3.63) is 0 Å². The second-order valence-corrected chi connectivity index (χ2v) is 4.20. The Labute approximate surface area is 81.3 Å². The van der Waals surface area contributed by atoms with Crippen LogP contribution in [0.2, 0.25) is 0 Å².